The number of carbonyl (C=O) groups is 1. The van der Waals surface area contributed by atoms with Crippen LogP contribution in [0.2, 0.25) is 0 Å². The van der Waals surface area contributed by atoms with Crippen molar-refractivity contribution in [1.82, 2.24) is 0 Å². The van der Waals surface area contributed by atoms with E-state index in [0.29, 0.717) is 0 Å². The molecule has 0 fully saturated rings. The smallest absolute Gasteiger partial charge is 0.277 e. The third kappa shape index (κ3) is 3.18. The molecule has 13 heavy (non-hydrogen) atoms. The van der Waals surface area contributed by atoms with Crippen molar-refractivity contribution < 1.29 is 17.8 Å². The number of carbonyl (C=O) groups excluding carboxylic acids is 1. The molecular weight excluding hydrogens is 203 g/mol. The zero-order chi connectivity index (χ0) is 9.99. The maximum atomic E-state index is 11.1. The van der Waals surface area contributed by atoms with E-state index in [9.17, 15) is 13.2 Å². The molecule has 0 aliphatic carbocycles. The van der Waals surface area contributed by atoms with Crippen LogP contribution in [0.3, 0.4) is 0 Å². The van der Waals surface area contributed by atoms with E-state index >= 15 is 0 Å². The Bertz CT molecular complexity index is 296. The summed E-state index contributed by atoms with van der Waals surface area (Å²) < 4.78 is 28.5. The van der Waals surface area contributed by atoms with Gasteiger partial charge in [-0.3, -0.25) is 9.35 Å². The van der Waals surface area contributed by atoms with Gasteiger partial charge in [0.1, 0.15) is 0 Å². The van der Waals surface area contributed by atoms with Crippen LogP contribution in [-0.2, 0) is 14.9 Å². The van der Waals surface area contributed by atoms with Gasteiger partial charge in [-0.2, -0.15) is 8.42 Å². The van der Waals surface area contributed by atoms with Crippen LogP contribution in [0, 0.1) is 0 Å². The number of hydrogen-bond acceptors (Lipinski definition) is 3. The summed E-state index contributed by atoms with van der Waals surface area (Å²) in [5, 5.41) is 0. The minimum Gasteiger partial charge on any atom is -0.293 e. The molecule has 71 valence electrons. The van der Waals surface area contributed by atoms with E-state index in [4.69, 9.17) is 4.55 Å². The summed E-state index contributed by atoms with van der Waals surface area (Å²) >= 11 is 0. The van der Waals surface area contributed by atoms with Crippen molar-refractivity contribution in [2.24, 2.45) is 0 Å². The first-order valence-electron chi connectivity index (χ1n) is 3.43. The topological polar surface area (TPSA) is 71.4 Å². The Balaban J connectivity index is 0. The van der Waals surface area contributed by atoms with Crippen LogP contribution in [0.5, 0.6) is 0 Å². The molecule has 0 spiro atoms. The summed E-state index contributed by atoms with van der Waals surface area (Å²) in [5.41, 5.74) is 0. The average molecular weight is 215 g/mol. The van der Waals surface area contributed by atoms with Crippen molar-refractivity contribution in [3.8, 4) is 0 Å². The van der Waals surface area contributed by atoms with Gasteiger partial charge in [-0.1, -0.05) is 13.5 Å². The zero-order valence-electron chi connectivity index (χ0n) is 8.07. The second-order valence-electron chi connectivity index (χ2n) is 2.63. The van der Waals surface area contributed by atoms with Crippen molar-refractivity contribution in [2.75, 3.05) is 0 Å². The molecule has 1 atom stereocenters. The minimum atomic E-state index is -4.35. The van der Waals surface area contributed by atoms with Gasteiger partial charge in [0.25, 0.3) is 10.1 Å². The third-order valence-electron chi connectivity index (χ3n) is 1.95. The van der Waals surface area contributed by atoms with Crippen LogP contribution in [0.15, 0.2) is 12.7 Å². The number of rotatable bonds is 4. The molecule has 0 saturated carbocycles. The summed E-state index contributed by atoms with van der Waals surface area (Å²) in [6.07, 6.45) is 0.925. The van der Waals surface area contributed by atoms with Crippen LogP contribution in [0.1, 0.15) is 20.3 Å². The van der Waals surface area contributed by atoms with E-state index in [1.165, 1.54) is 13.8 Å². The summed E-state index contributed by atoms with van der Waals surface area (Å²) in [5.74, 6) is -0.687. The molecule has 4 nitrogen and oxygen atoms in total. The SMILES string of the molecule is C=CC(=O)C(C)(CC)S(=O)(=O)O.[Na]. The van der Waals surface area contributed by atoms with Gasteiger partial charge in [-0.25, -0.2) is 0 Å². The Labute approximate surface area is 100 Å². The monoisotopic (exact) mass is 215 g/mol. The summed E-state index contributed by atoms with van der Waals surface area (Å²) in [6.45, 7) is 5.85. The predicted molar refractivity (Wildman–Crippen MR) is 51.2 cm³/mol. The Morgan fingerprint density at radius 1 is 1.62 bits per heavy atom. The molecule has 6 heteroatoms. The molecule has 0 aromatic carbocycles. The quantitative estimate of drug-likeness (QED) is 0.419. The van der Waals surface area contributed by atoms with Crippen LogP contribution in [0.4, 0.5) is 0 Å². The van der Waals surface area contributed by atoms with Crippen molar-refractivity contribution >= 4 is 45.5 Å². The van der Waals surface area contributed by atoms with Gasteiger partial charge < -0.3 is 0 Å². The van der Waals surface area contributed by atoms with Crippen molar-refractivity contribution in [3.63, 3.8) is 0 Å². The van der Waals surface area contributed by atoms with E-state index in [1.807, 2.05) is 0 Å². The van der Waals surface area contributed by atoms with Gasteiger partial charge in [-0.15, -0.1) is 0 Å². The molecule has 0 heterocycles. The molecule has 1 N–H and O–H groups in total. The van der Waals surface area contributed by atoms with Crippen LogP contribution in [0.25, 0.3) is 0 Å². The van der Waals surface area contributed by atoms with Crippen molar-refractivity contribution in [1.29, 1.82) is 0 Å². The zero-order valence-corrected chi connectivity index (χ0v) is 10.9. The standard InChI is InChI=1S/C7H12O4S.Na/c1-4-6(8)7(3,5-2)12(9,10)11;/h4H,1,5H2,2-3H3,(H,9,10,11);. The summed E-state index contributed by atoms with van der Waals surface area (Å²) in [6, 6.07) is 0. The van der Waals surface area contributed by atoms with Gasteiger partial charge in [0.15, 0.2) is 10.5 Å². The molecule has 0 amide bonds. The molecule has 0 aliphatic rings. The second kappa shape index (κ2) is 5.26. The fourth-order valence-electron chi connectivity index (χ4n) is 0.700. The fourth-order valence-corrected chi connectivity index (χ4v) is 1.40. The fraction of sp³-hybridized carbons (Fsp3) is 0.571. The van der Waals surface area contributed by atoms with E-state index in [-0.39, 0.29) is 36.0 Å². The Kier molecular flexibility index (Phi) is 6.39. The maximum absolute atomic E-state index is 11.1. The summed E-state index contributed by atoms with van der Waals surface area (Å²) in [7, 11) is -4.35. The first kappa shape index (κ1) is 15.8. The van der Waals surface area contributed by atoms with Gasteiger partial charge in [0.05, 0.1) is 0 Å². The molecular formula is C7H12NaO4S. The molecule has 1 radical (unpaired) electrons. The Morgan fingerprint density at radius 3 is 2.08 bits per heavy atom. The van der Waals surface area contributed by atoms with Crippen LogP contribution in [-0.4, -0.2) is 53.1 Å². The predicted octanol–water partition coefficient (Wildman–Crippen LogP) is 0.417. The molecule has 0 rings (SSSR count). The molecule has 1 unspecified atom stereocenters. The normalized spacial score (nSPS) is 15.3. The molecule has 0 aromatic rings. The largest absolute Gasteiger partial charge is 0.293 e. The second-order valence-corrected chi connectivity index (χ2v) is 4.48. The Hall–Kier alpha value is 0.320. The molecule has 0 bridgehead atoms. The number of allylic oxidation sites excluding steroid dienone is 1. The Morgan fingerprint density at radius 2 is 2.00 bits per heavy atom. The van der Waals surface area contributed by atoms with Gasteiger partial charge in [0.2, 0.25) is 0 Å². The minimum absolute atomic E-state index is 0. The van der Waals surface area contributed by atoms with Crippen LogP contribution < -0.4 is 0 Å². The number of ketones is 1. The van der Waals surface area contributed by atoms with E-state index < -0.39 is 20.6 Å². The first-order chi connectivity index (χ1) is 5.29. The first-order valence-corrected chi connectivity index (χ1v) is 4.87. The molecule has 0 aliphatic heterocycles. The van der Waals surface area contributed by atoms with E-state index in [1.54, 1.807) is 0 Å². The van der Waals surface area contributed by atoms with Gasteiger partial charge in [-0.05, 0) is 19.4 Å². The van der Waals surface area contributed by atoms with Crippen molar-refractivity contribution in [2.45, 2.75) is 25.0 Å². The third-order valence-corrected chi connectivity index (χ3v) is 3.58. The molecule has 0 saturated heterocycles. The average Bonchev–Trinajstić information content (AvgIpc) is 1.99. The maximum Gasteiger partial charge on any atom is 0.277 e. The molecule has 0 aromatic heterocycles. The van der Waals surface area contributed by atoms with E-state index in [2.05, 4.69) is 6.58 Å². The van der Waals surface area contributed by atoms with Crippen molar-refractivity contribution in [3.05, 3.63) is 12.7 Å². The van der Waals surface area contributed by atoms with Gasteiger partial charge in [0, 0.05) is 29.6 Å². The van der Waals surface area contributed by atoms with Crippen LogP contribution >= 0.6 is 0 Å². The summed E-state index contributed by atoms with van der Waals surface area (Å²) in [4.78, 5) is 11.1. The number of hydrogen-bond donors (Lipinski definition) is 1. The van der Waals surface area contributed by atoms with E-state index in [0.717, 1.165) is 6.08 Å². The van der Waals surface area contributed by atoms with Gasteiger partial charge >= 0.3 is 0 Å².